The van der Waals surface area contributed by atoms with Crippen LogP contribution in [0.1, 0.15) is 34.6 Å². The fraction of sp³-hybridized carbons (Fsp3) is 0.278. The minimum Gasteiger partial charge on any atom is -0.478 e. The third kappa shape index (κ3) is 5.01. The van der Waals surface area contributed by atoms with Gasteiger partial charge in [0.25, 0.3) is 0 Å². The summed E-state index contributed by atoms with van der Waals surface area (Å²) >= 11 is 6.01. The topological polar surface area (TPSA) is 88.5 Å². The van der Waals surface area contributed by atoms with Gasteiger partial charge in [-0.25, -0.2) is 4.79 Å². The number of benzene rings is 1. The maximum absolute atomic E-state index is 12.1. The summed E-state index contributed by atoms with van der Waals surface area (Å²) in [4.78, 5) is 27.3. The van der Waals surface area contributed by atoms with Crippen molar-refractivity contribution in [3.05, 3.63) is 64.4 Å². The third-order valence-electron chi connectivity index (χ3n) is 3.80. The first-order chi connectivity index (χ1) is 11.9. The SMILES string of the molecule is COC(=O)[C@@H](Cc1ccccn1)NC(C)c1ccc(C(=O)O)c(Cl)c1. The molecule has 0 fully saturated rings. The lowest BCUT2D eigenvalue weighted by atomic mass is 10.0. The fourth-order valence-corrected chi connectivity index (χ4v) is 2.72. The summed E-state index contributed by atoms with van der Waals surface area (Å²) in [6, 6.07) is 9.36. The van der Waals surface area contributed by atoms with Crippen molar-refractivity contribution in [2.75, 3.05) is 7.11 Å². The predicted octanol–water partition coefficient (Wildman–Crippen LogP) is 2.87. The van der Waals surface area contributed by atoms with Crippen LogP contribution in [0.25, 0.3) is 0 Å². The highest BCUT2D eigenvalue weighted by Gasteiger charge is 2.23. The van der Waals surface area contributed by atoms with Gasteiger partial charge in [-0.3, -0.25) is 15.1 Å². The quantitative estimate of drug-likeness (QED) is 0.736. The zero-order chi connectivity index (χ0) is 18.4. The first-order valence-electron chi connectivity index (χ1n) is 7.69. The van der Waals surface area contributed by atoms with Crippen LogP contribution in [0.3, 0.4) is 0 Å². The molecule has 7 heteroatoms. The number of halogens is 1. The number of hydrogen-bond donors (Lipinski definition) is 2. The van der Waals surface area contributed by atoms with Gasteiger partial charge >= 0.3 is 11.9 Å². The Balaban J connectivity index is 2.16. The number of esters is 1. The average Bonchev–Trinajstić information content (AvgIpc) is 2.60. The molecular weight excluding hydrogens is 344 g/mol. The number of ether oxygens (including phenoxy) is 1. The van der Waals surface area contributed by atoms with E-state index in [0.717, 1.165) is 11.3 Å². The zero-order valence-corrected chi connectivity index (χ0v) is 14.7. The van der Waals surface area contributed by atoms with Crippen molar-refractivity contribution in [2.24, 2.45) is 0 Å². The molecule has 0 amide bonds. The van der Waals surface area contributed by atoms with E-state index >= 15 is 0 Å². The van der Waals surface area contributed by atoms with Crippen molar-refractivity contribution in [1.29, 1.82) is 0 Å². The Morgan fingerprint density at radius 1 is 1.32 bits per heavy atom. The number of nitrogens with one attached hydrogen (secondary N) is 1. The van der Waals surface area contributed by atoms with Crippen LogP contribution in [-0.2, 0) is 16.0 Å². The molecule has 1 aromatic carbocycles. The molecule has 0 saturated heterocycles. The number of carboxylic acids is 1. The Hall–Kier alpha value is -2.44. The van der Waals surface area contributed by atoms with Crippen LogP contribution in [0, 0.1) is 0 Å². The fourth-order valence-electron chi connectivity index (χ4n) is 2.45. The van der Waals surface area contributed by atoms with Gasteiger partial charge in [-0.05, 0) is 36.8 Å². The summed E-state index contributed by atoms with van der Waals surface area (Å²) in [7, 11) is 1.33. The zero-order valence-electron chi connectivity index (χ0n) is 13.9. The highest BCUT2D eigenvalue weighted by atomic mass is 35.5. The second-order valence-electron chi connectivity index (χ2n) is 5.53. The molecular formula is C18H19ClN2O4. The monoisotopic (exact) mass is 362 g/mol. The van der Waals surface area contributed by atoms with Crippen LogP contribution in [0.2, 0.25) is 5.02 Å². The van der Waals surface area contributed by atoms with Crippen molar-refractivity contribution in [3.8, 4) is 0 Å². The Morgan fingerprint density at radius 3 is 2.64 bits per heavy atom. The Kier molecular flexibility index (Phi) is 6.50. The average molecular weight is 363 g/mol. The lowest BCUT2D eigenvalue weighted by Gasteiger charge is -2.22. The Bertz CT molecular complexity index is 752. The van der Waals surface area contributed by atoms with Gasteiger partial charge in [0.05, 0.1) is 17.7 Å². The molecule has 132 valence electrons. The summed E-state index contributed by atoms with van der Waals surface area (Å²) in [6.45, 7) is 1.86. The third-order valence-corrected chi connectivity index (χ3v) is 4.11. The van der Waals surface area contributed by atoms with Gasteiger partial charge in [-0.2, -0.15) is 0 Å². The number of carbonyl (C=O) groups excluding carboxylic acids is 1. The number of carbonyl (C=O) groups is 2. The van der Waals surface area contributed by atoms with Crippen molar-refractivity contribution in [3.63, 3.8) is 0 Å². The highest BCUT2D eigenvalue weighted by Crippen LogP contribution is 2.22. The van der Waals surface area contributed by atoms with Gasteiger partial charge in [-0.15, -0.1) is 0 Å². The molecule has 0 spiro atoms. The van der Waals surface area contributed by atoms with E-state index in [2.05, 4.69) is 10.3 Å². The standard InChI is InChI=1S/C18H19ClN2O4/c1-11(12-6-7-14(17(22)23)15(19)9-12)21-16(18(24)25-2)10-13-5-3-4-8-20-13/h3-9,11,16,21H,10H2,1-2H3,(H,22,23)/t11?,16-/m1/s1. The van der Waals surface area contributed by atoms with E-state index < -0.39 is 18.0 Å². The largest absolute Gasteiger partial charge is 0.478 e. The summed E-state index contributed by atoms with van der Waals surface area (Å²) < 4.78 is 4.86. The van der Waals surface area contributed by atoms with Gasteiger partial charge < -0.3 is 9.84 Å². The van der Waals surface area contributed by atoms with Crippen LogP contribution in [-0.4, -0.2) is 35.2 Å². The molecule has 0 saturated carbocycles. The van der Waals surface area contributed by atoms with E-state index in [4.69, 9.17) is 21.4 Å². The van der Waals surface area contributed by atoms with Crippen molar-refractivity contribution in [2.45, 2.75) is 25.4 Å². The number of carboxylic acid groups (broad SMARTS) is 1. The van der Waals surface area contributed by atoms with Crippen molar-refractivity contribution < 1.29 is 19.4 Å². The summed E-state index contributed by atoms with van der Waals surface area (Å²) in [5, 5.41) is 12.4. The van der Waals surface area contributed by atoms with Crippen molar-refractivity contribution in [1.82, 2.24) is 10.3 Å². The van der Waals surface area contributed by atoms with Gasteiger partial charge in [0.2, 0.25) is 0 Å². The van der Waals surface area contributed by atoms with Gasteiger partial charge in [0.15, 0.2) is 0 Å². The molecule has 0 aliphatic carbocycles. The molecule has 2 N–H and O–H groups in total. The molecule has 0 aliphatic rings. The lowest BCUT2D eigenvalue weighted by Crippen LogP contribution is -2.41. The Morgan fingerprint density at radius 2 is 2.08 bits per heavy atom. The van der Waals surface area contributed by atoms with E-state index in [1.807, 2.05) is 19.1 Å². The molecule has 2 rings (SSSR count). The molecule has 0 aliphatic heterocycles. The molecule has 1 aromatic heterocycles. The molecule has 0 bridgehead atoms. The number of methoxy groups -OCH3 is 1. The van der Waals surface area contributed by atoms with E-state index in [1.165, 1.54) is 13.2 Å². The first-order valence-corrected chi connectivity index (χ1v) is 8.06. The summed E-state index contributed by atoms with van der Waals surface area (Å²) in [6.07, 6.45) is 2.04. The maximum Gasteiger partial charge on any atom is 0.337 e. The minimum absolute atomic E-state index is 0.0376. The summed E-state index contributed by atoms with van der Waals surface area (Å²) in [5.41, 5.74) is 1.57. The maximum atomic E-state index is 12.1. The second-order valence-corrected chi connectivity index (χ2v) is 5.94. The molecule has 0 radical (unpaired) electrons. The summed E-state index contributed by atoms with van der Waals surface area (Å²) in [5.74, 6) is -1.48. The number of aromatic nitrogens is 1. The highest BCUT2D eigenvalue weighted by molar-refractivity contribution is 6.33. The predicted molar refractivity (Wildman–Crippen MR) is 93.7 cm³/mol. The van der Waals surface area contributed by atoms with E-state index in [9.17, 15) is 9.59 Å². The number of hydrogen-bond acceptors (Lipinski definition) is 5. The first kappa shape index (κ1) is 18.9. The molecule has 6 nitrogen and oxygen atoms in total. The van der Waals surface area contributed by atoms with Crippen molar-refractivity contribution >= 4 is 23.5 Å². The number of pyridine rings is 1. The van der Waals surface area contributed by atoms with Crippen LogP contribution in [0.4, 0.5) is 0 Å². The van der Waals surface area contributed by atoms with Gasteiger partial charge in [-0.1, -0.05) is 23.7 Å². The molecule has 25 heavy (non-hydrogen) atoms. The number of rotatable bonds is 7. The molecule has 1 unspecified atom stereocenters. The minimum atomic E-state index is -1.08. The Labute approximate surface area is 150 Å². The molecule has 1 heterocycles. The van der Waals surface area contributed by atoms with E-state index in [-0.39, 0.29) is 16.6 Å². The van der Waals surface area contributed by atoms with Gasteiger partial charge in [0.1, 0.15) is 6.04 Å². The van der Waals surface area contributed by atoms with E-state index in [1.54, 1.807) is 24.4 Å². The van der Waals surface area contributed by atoms with E-state index in [0.29, 0.717) is 6.42 Å². The van der Waals surface area contributed by atoms with Gasteiger partial charge in [0, 0.05) is 24.4 Å². The number of nitrogens with zero attached hydrogens (tertiary/aromatic N) is 1. The van der Waals surface area contributed by atoms with Crippen LogP contribution in [0.15, 0.2) is 42.6 Å². The smallest absolute Gasteiger partial charge is 0.337 e. The van der Waals surface area contributed by atoms with Crippen LogP contribution < -0.4 is 5.32 Å². The van der Waals surface area contributed by atoms with Crippen LogP contribution in [0.5, 0.6) is 0 Å². The molecule has 2 aromatic rings. The van der Waals surface area contributed by atoms with Crippen LogP contribution >= 0.6 is 11.6 Å². The lowest BCUT2D eigenvalue weighted by molar-refractivity contribution is -0.143. The normalized spacial score (nSPS) is 13.1. The molecule has 2 atom stereocenters. The number of aromatic carboxylic acids is 1. The second kappa shape index (κ2) is 8.60.